The van der Waals surface area contributed by atoms with E-state index in [0.29, 0.717) is 16.7 Å². The molecule has 9 heteroatoms. The minimum absolute atomic E-state index is 0.135. The molecule has 0 aliphatic carbocycles. The van der Waals surface area contributed by atoms with Gasteiger partial charge in [-0.25, -0.2) is 14.2 Å². The number of methoxy groups -OCH3 is 1. The minimum Gasteiger partial charge on any atom is -0.496 e. The Morgan fingerprint density at radius 2 is 1.74 bits per heavy atom. The van der Waals surface area contributed by atoms with Gasteiger partial charge >= 0.3 is 12.2 Å². The van der Waals surface area contributed by atoms with E-state index in [4.69, 9.17) is 4.74 Å². The molecule has 3 aromatic rings. The normalized spacial score (nSPS) is 11.3. The van der Waals surface area contributed by atoms with Crippen LogP contribution in [0.5, 0.6) is 5.75 Å². The van der Waals surface area contributed by atoms with E-state index >= 15 is 0 Å². The lowest BCUT2D eigenvalue weighted by atomic mass is 10.2. The summed E-state index contributed by atoms with van der Waals surface area (Å²) in [7, 11) is 1.39. The summed E-state index contributed by atoms with van der Waals surface area (Å²) in [4.78, 5) is 16.3. The zero-order valence-electron chi connectivity index (χ0n) is 13.9. The van der Waals surface area contributed by atoms with Crippen molar-refractivity contribution in [1.82, 2.24) is 4.98 Å². The molecule has 0 unspecified atom stereocenters. The number of nitrogens with one attached hydrogen (secondary N) is 2. The Morgan fingerprint density at radius 3 is 2.37 bits per heavy atom. The van der Waals surface area contributed by atoms with Crippen LogP contribution >= 0.6 is 0 Å². The summed E-state index contributed by atoms with van der Waals surface area (Å²) in [5.41, 5.74) is -0.238. The predicted octanol–water partition coefficient (Wildman–Crippen LogP) is 5.05. The van der Waals surface area contributed by atoms with Gasteiger partial charge in [-0.2, -0.15) is 13.2 Å². The molecule has 1 heterocycles. The van der Waals surface area contributed by atoms with Crippen LogP contribution in [0.15, 0.2) is 48.5 Å². The van der Waals surface area contributed by atoms with Crippen molar-refractivity contribution < 1.29 is 27.1 Å². The molecule has 3 rings (SSSR count). The number of pyridine rings is 1. The van der Waals surface area contributed by atoms with Gasteiger partial charge < -0.3 is 10.1 Å². The van der Waals surface area contributed by atoms with Gasteiger partial charge in [0, 0.05) is 17.1 Å². The highest BCUT2D eigenvalue weighted by molar-refractivity contribution is 6.00. The highest BCUT2D eigenvalue weighted by Crippen LogP contribution is 2.30. The van der Waals surface area contributed by atoms with Crippen molar-refractivity contribution in [1.29, 1.82) is 0 Å². The van der Waals surface area contributed by atoms with E-state index in [2.05, 4.69) is 15.6 Å². The fraction of sp³-hybridized carbons (Fsp3) is 0.111. The minimum atomic E-state index is -4.45. The Labute approximate surface area is 151 Å². The first-order valence-electron chi connectivity index (χ1n) is 7.66. The van der Waals surface area contributed by atoms with E-state index in [1.165, 1.54) is 31.4 Å². The molecule has 0 atom stereocenters. The van der Waals surface area contributed by atoms with Gasteiger partial charge in [-0.05, 0) is 42.5 Å². The molecule has 1 aromatic heterocycles. The Morgan fingerprint density at radius 1 is 1.04 bits per heavy atom. The topological polar surface area (TPSA) is 63.2 Å². The number of hydrogen-bond acceptors (Lipinski definition) is 3. The average molecular weight is 379 g/mol. The summed E-state index contributed by atoms with van der Waals surface area (Å²) in [6.07, 6.45) is -4.45. The highest BCUT2D eigenvalue weighted by Gasteiger charge is 2.30. The lowest BCUT2D eigenvalue weighted by molar-refractivity contribution is -0.137. The second-order valence-corrected chi connectivity index (χ2v) is 5.53. The van der Waals surface area contributed by atoms with Crippen LogP contribution in [0.3, 0.4) is 0 Å². The maximum atomic E-state index is 13.4. The number of urea groups is 1. The maximum absolute atomic E-state index is 13.4. The lowest BCUT2D eigenvalue weighted by Gasteiger charge is -2.11. The molecule has 0 aliphatic heterocycles. The number of alkyl halides is 3. The summed E-state index contributed by atoms with van der Waals surface area (Å²) in [5, 5.41) is 5.30. The molecule has 2 N–H and O–H groups in total. The summed E-state index contributed by atoms with van der Waals surface area (Å²) in [6.45, 7) is 0. The number of anilines is 2. The Balaban J connectivity index is 1.77. The van der Waals surface area contributed by atoms with E-state index in [-0.39, 0.29) is 11.5 Å². The highest BCUT2D eigenvalue weighted by atomic mass is 19.4. The molecule has 2 amide bonds. The molecule has 27 heavy (non-hydrogen) atoms. The van der Waals surface area contributed by atoms with Crippen molar-refractivity contribution in [2.45, 2.75) is 6.18 Å². The van der Waals surface area contributed by atoms with Crippen LogP contribution in [0.1, 0.15) is 5.56 Å². The van der Waals surface area contributed by atoms with E-state index in [9.17, 15) is 22.4 Å². The number of fused-ring (bicyclic) bond motifs is 1. The van der Waals surface area contributed by atoms with Gasteiger partial charge in [0.15, 0.2) is 0 Å². The first-order chi connectivity index (χ1) is 12.8. The second-order valence-electron chi connectivity index (χ2n) is 5.53. The largest absolute Gasteiger partial charge is 0.496 e. The number of hydrogen-bond donors (Lipinski definition) is 2. The molecular formula is C18H13F4N3O2. The monoisotopic (exact) mass is 379 g/mol. The van der Waals surface area contributed by atoms with Crippen molar-refractivity contribution >= 4 is 28.4 Å². The number of nitrogens with zero attached hydrogens (tertiary/aromatic N) is 1. The second kappa shape index (κ2) is 7.10. The Hall–Kier alpha value is -3.36. The number of ether oxygens (including phenoxy) is 1. The molecule has 2 aromatic carbocycles. The first kappa shape index (κ1) is 18.4. The van der Waals surface area contributed by atoms with E-state index in [1.807, 2.05) is 0 Å². The fourth-order valence-electron chi connectivity index (χ4n) is 2.42. The maximum Gasteiger partial charge on any atom is 0.416 e. The van der Waals surface area contributed by atoms with Gasteiger partial charge in [-0.1, -0.05) is 0 Å². The zero-order valence-corrected chi connectivity index (χ0v) is 13.9. The van der Waals surface area contributed by atoms with Gasteiger partial charge in [0.2, 0.25) is 0 Å². The number of benzene rings is 2. The fourth-order valence-corrected chi connectivity index (χ4v) is 2.42. The van der Waals surface area contributed by atoms with Crippen LogP contribution in [0, 0.1) is 5.82 Å². The zero-order chi connectivity index (χ0) is 19.6. The standard InChI is InChI=1S/C18H13F4N3O2/c1-27-15-9-16(24-14-7-4-11(19)8-13(14)15)25-17(26)23-12-5-2-10(3-6-12)18(20,21)22/h2-9H,1H3,(H2,23,24,25,26). The third-order valence-electron chi connectivity index (χ3n) is 3.66. The number of rotatable bonds is 3. The molecule has 5 nitrogen and oxygen atoms in total. The van der Waals surface area contributed by atoms with Crippen molar-refractivity contribution in [3.05, 3.63) is 59.9 Å². The molecule has 140 valence electrons. The quantitative estimate of drug-likeness (QED) is 0.627. The summed E-state index contributed by atoms with van der Waals surface area (Å²) >= 11 is 0. The number of carbonyl (C=O) groups excluding carboxylic acids is 1. The third-order valence-corrected chi connectivity index (χ3v) is 3.66. The summed E-state index contributed by atoms with van der Waals surface area (Å²) < 4.78 is 56.2. The Bertz CT molecular complexity index is 988. The van der Waals surface area contributed by atoms with Gasteiger partial charge in [0.1, 0.15) is 17.4 Å². The third kappa shape index (κ3) is 4.25. The van der Waals surface area contributed by atoms with E-state index in [0.717, 1.165) is 24.3 Å². The van der Waals surface area contributed by atoms with Crippen LogP contribution < -0.4 is 15.4 Å². The van der Waals surface area contributed by atoms with Crippen LogP contribution in [0.25, 0.3) is 10.9 Å². The van der Waals surface area contributed by atoms with Gasteiger partial charge in [0.25, 0.3) is 0 Å². The van der Waals surface area contributed by atoms with Crippen molar-refractivity contribution in [2.24, 2.45) is 0 Å². The molecule has 0 spiro atoms. The molecule has 0 fully saturated rings. The summed E-state index contributed by atoms with van der Waals surface area (Å²) in [6, 6.07) is 8.63. The number of aromatic nitrogens is 1. The smallest absolute Gasteiger partial charge is 0.416 e. The molecule has 0 bridgehead atoms. The van der Waals surface area contributed by atoms with Crippen LogP contribution in [0.2, 0.25) is 0 Å². The van der Waals surface area contributed by atoms with E-state index in [1.54, 1.807) is 0 Å². The number of carbonyl (C=O) groups is 1. The lowest BCUT2D eigenvalue weighted by Crippen LogP contribution is -2.20. The van der Waals surface area contributed by atoms with Crippen LogP contribution in [-0.4, -0.2) is 18.1 Å². The van der Waals surface area contributed by atoms with Crippen molar-refractivity contribution in [2.75, 3.05) is 17.7 Å². The Kier molecular flexibility index (Phi) is 4.85. The molecule has 0 saturated heterocycles. The molecule has 0 aliphatic rings. The predicted molar refractivity (Wildman–Crippen MR) is 92.3 cm³/mol. The number of halogens is 4. The SMILES string of the molecule is COc1cc(NC(=O)Nc2ccc(C(F)(F)F)cc2)nc2ccc(F)cc12. The van der Waals surface area contributed by atoms with Crippen LogP contribution in [-0.2, 0) is 6.18 Å². The molecular weight excluding hydrogens is 366 g/mol. The molecule has 0 radical (unpaired) electrons. The summed E-state index contributed by atoms with van der Waals surface area (Å²) in [5.74, 6) is -0.0111. The number of amides is 2. The van der Waals surface area contributed by atoms with Crippen molar-refractivity contribution in [3.8, 4) is 5.75 Å². The van der Waals surface area contributed by atoms with Gasteiger partial charge in [-0.15, -0.1) is 0 Å². The van der Waals surface area contributed by atoms with Crippen molar-refractivity contribution in [3.63, 3.8) is 0 Å². The average Bonchev–Trinajstić information content (AvgIpc) is 2.61. The van der Waals surface area contributed by atoms with Crippen LogP contribution in [0.4, 0.5) is 33.9 Å². The van der Waals surface area contributed by atoms with E-state index < -0.39 is 23.6 Å². The van der Waals surface area contributed by atoms with Gasteiger partial charge in [0.05, 0.1) is 18.2 Å². The molecule has 0 saturated carbocycles. The van der Waals surface area contributed by atoms with Gasteiger partial charge in [-0.3, -0.25) is 5.32 Å². The first-order valence-corrected chi connectivity index (χ1v) is 7.66.